The van der Waals surface area contributed by atoms with Crippen molar-refractivity contribution >= 4 is 29.9 Å². The Bertz CT molecular complexity index is 512. The fourth-order valence-corrected chi connectivity index (χ4v) is 2.83. The van der Waals surface area contributed by atoms with Crippen LogP contribution in [0.15, 0.2) is 4.99 Å². The number of rotatable bonds is 3. The fourth-order valence-electron chi connectivity index (χ4n) is 2.83. The number of aryl methyl sites for hydroxylation is 2. The Morgan fingerprint density at radius 3 is 2.86 bits per heavy atom. The SMILES string of the molecule is CN=C(NCC1CCc2nnc(C)n2C1)NC1CC1C.I. The van der Waals surface area contributed by atoms with Gasteiger partial charge in [0.15, 0.2) is 5.96 Å². The lowest BCUT2D eigenvalue weighted by atomic mass is 9.99. The van der Waals surface area contributed by atoms with Crippen molar-refractivity contribution in [2.45, 2.75) is 45.7 Å². The summed E-state index contributed by atoms with van der Waals surface area (Å²) >= 11 is 0. The summed E-state index contributed by atoms with van der Waals surface area (Å²) < 4.78 is 2.25. The lowest BCUT2D eigenvalue weighted by Crippen LogP contribution is -2.42. The first-order valence-corrected chi connectivity index (χ1v) is 7.53. The molecule has 2 N–H and O–H groups in total. The molecule has 21 heavy (non-hydrogen) atoms. The zero-order valence-electron chi connectivity index (χ0n) is 13.0. The van der Waals surface area contributed by atoms with Gasteiger partial charge in [0, 0.05) is 32.6 Å². The summed E-state index contributed by atoms with van der Waals surface area (Å²) in [6.07, 6.45) is 3.45. The smallest absolute Gasteiger partial charge is 0.191 e. The fraction of sp³-hybridized carbons (Fsp3) is 0.786. The Hall–Kier alpha value is -0.860. The standard InChI is InChI=1S/C14H24N6.HI/c1-9-6-12(9)17-14(15-3)16-7-11-4-5-13-19-18-10(2)20(13)8-11;/h9,11-12H,4-8H2,1-3H3,(H2,15,16,17);1H. The van der Waals surface area contributed by atoms with Gasteiger partial charge in [-0.3, -0.25) is 4.99 Å². The Morgan fingerprint density at radius 2 is 2.19 bits per heavy atom. The van der Waals surface area contributed by atoms with Crippen molar-refractivity contribution in [3.63, 3.8) is 0 Å². The van der Waals surface area contributed by atoms with E-state index in [0.29, 0.717) is 12.0 Å². The van der Waals surface area contributed by atoms with Crippen molar-refractivity contribution in [3.05, 3.63) is 11.6 Å². The first kappa shape index (κ1) is 16.5. The number of halogens is 1. The van der Waals surface area contributed by atoms with Crippen LogP contribution in [0.3, 0.4) is 0 Å². The third-order valence-corrected chi connectivity index (χ3v) is 4.44. The van der Waals surface area contributed by atoms with Gasteiger partial charge in [0.2, 0.25) is 0 Å². The van der Waals surface area contributed by atoms with Crippen LogP contribution in [0.2, 0.25) is 0 Å². The predicted molar refractivity (Wildman–Crippen MR) is 94.1 cm³/mol. The van der Waals surface area contributed by atoms with E-state index in [4.69, 9.17) is 0 Å². The maximum atomic E-state index is 4.30. The van der Waals surface area contributed by atoms with Crippen LogP contribution >= 0.6 is 24.0 Å². The van der Waals surface area contributed by atoms with E-state index in [1.807, 2.05) is 14.0 Å². The van der Waals surface area contributed by atoms with E-state index in [1.165, 1.54) is 12.8 Å². The molecule has 1 aliphatic carbocycles. The molecule has 3 rings (SSSR count). The summed E-state index contributed by atoms with van der Waals surface area (Å²) in [4.78, 5) is 4.30. The molecule has 0 bridgehead atoms. The molecular formula is C14H25IN6. The zero-order chi connectivity index (χ0) is 14.1. The van der Waals surface area contributed by atoms with Crippen molar-refractivity contribution in [3.8, 4) is 0 Å². The van der Waals surface area contributed by atoms with Gasteiger partial charge in [0.25, 0.3) is 0 Å². The molecule has 0 radical (unpaired) electrons. The van der Waals surface area contributed by atoms with Gasteiger partial charge in [-0.25, -0.2) is 0 Å². The van der Waals surface area contributed by atoms with Crippen LogP contribution in [0, 0.1) is 18.8 Å². The molecule has 1 aromatic rings. The van der Waals surface area contributed by atoms with E-state index >= 15 is 0 Å². The van der Waals surface area contributed by atoms with Crippen molar-refractivity contribution in [1.29, 1.82) is 0 Å². The summed E-state index contributed by atoms with van der Waals surface area (Å²) in [5, 5.41) is 15.3. The van der Waals surface area contributed by atoms with Crippen LogP contribution < -0.4 is 10.6 Å². The summed E-state index contributed by atoms with van der Waals surface area (Å²) in [5.41, 5.74) is 0. The van der Waals surface area contributed by atoms with Crippen LogP contribution in [0.25, 0.3) is 0 Å². The zero-order valence-corrected chi connectivity index (χ0v) is 15.3. The highest BCUT2D eigenvalue weighted by Gasteiger charge is 2.33. The van der Waals surface area contributed by atoms with Gasteiger partial charge < -0.3 is 15.2 Å². The topological polar surface area (TPSA) is 67.1 Å². The molecule has 0 amide bonds. The van der Waals surface area contributed by atoms with E-state index in [2.05, 4.69) is 37.3 Å². The van der Waals surface area contributed by atoms with Crippen molar-refractivity contribution in [2.24, 2.45) is 16.8 Å². The van der Waals surface area contributed by atoms with E-state index < -0.39 is 0 Å². The maximum absolute atomic E-state index is 4.30. The number of nitrogens with one attached hydrogen (secondary N) is 2. The minimum atomic E-state index is 0. The monoisotopic (exact) mass is 404 g/mol. The molecule has 1 aromatic heterocycles. The highest BCUT2D eigenvalue weighted by atomic mass is 127. The molecule has 6 nitrogen and oxygen atoms in total. The second-order valence-corrected chi connectivity index (χ2v) is 6.10. The molecule has 2 aliphatic rings. The Balaban J connectivity index is 0.00000161. The van der Waals surface area contributed by atoms with E-state index in [1.54, 1.807) is 0 Å². The van der Waals surface area contributed by atoms with Crippen molar-refractivity contribution < 1.29 is 0 Å². The second kappa shape index (κ2) is 6.93. The first-order chi connectivity index (χ1) is 9.67. The van der Waals surface area contributed by atoms with Crippen LogP contribution in [-0.4, -0.2) is 40.4 Å². The van der Waals surface area contributed by atoms with Crippen LogP contribution in [-0.2, 0) is 13.0 Å². The summed E-state index contributed by atoms with van der Waals surface area (Å²) in [5.74, 6) is 4.50. The number of hydrogen-bond acceptors (Lipinski definition) is 3. The molecule has 0 saturated heterocycles. The van der Waals surface area contributed by atoms with Gasteiger partial charge in [-0.2, -0.15) is 0 Å². The number of guanidine groups is 1. The number of fused-ring (bicyclic) bond motifs is 1. The molecule has 1 fully saturated rings. The number of aliphatic imine (C=N–C) groups is 1. The largest absolute Gasteiger partial charge is 0.356 e. The van der Waals surface area contributed by atoms with Gasteiger partial charge >= 0.3 is 0 Å². The lowest BCUT2D eigenvalue weighted by molar-refractivity contribution is 0.358. The number of nitrogens with zero attached hydrogens (tertiary/aromatic N) is 4. The van der Waals surface area contributed by atoms with Crippen molar-refractivity contribution in [2.75, 3.05) is 13.6 Å². The molecule has 0 spiro atoms. The summed E-state index contributed by atoms with van der Waals surface area (Å²) in [6, 6.07) is 0.610. The Morgan fingerprint density at radius 1 is 1.43 bits per heavy atom. The minimum absolute atomic E-state index is 0. The molecule has 1 saturated carbocycles. The Kier molecular flexibility index (Phi) is 5.45. The predicted octanol–water partition coefficient (Wildman–Crippen LogP) is 1.34. The highest BCUT2D eigenvalue weighted by Crippen LogP contribution is 2.28. The highest BCUT2D eigenvalue weighted by molar-refractivity contribution is 14.0. The van der Waals surface area contributed by atoms with Crippen LogP contribution in [0.5, 0.6) is 0 Å². The molecule has 3 atom stereocenters. The Labute approximate surface area is 143 Å². The molecule has 2 heterocycles. The molecule has 1 aliphatic heterocycles. The van der Waals surface area contributed by atoms with Gasteiger partial charge in [-0.15, -0.1) is 34.2 Å². The number of aromatic nitrogens is 3. The molecule has 0 aromatic carbocycles. The second-order valence-electron chi connectivity index (χ2n) is 6.10. The summed E-state index contributed by atoms with van der Waals surface area (Å²) in [6.45, 7) is 6.26. The molecule has 118 valence electrons. The molecule has 3 unspecified atom stereocenters. The third kappa shape index (κ3) is 3.87. The van der Waals surface area contributed by atoms with E-state index in [-0.39, 0.29) is 24.0 Å². The quantitative estimate of drug-likeness (QED) is 0.454. The summed E-state index contributed by atoms with van der Waals surface area (Å²) in [7, 11) is 1.84. The number of hydrogen-bond donors (Lipinski definition) is 2. The lowest BCUT2D eigenvalue weighted by Gasteiger charge is -2.25. The average molecular weight is 404 g/mol. The van der Waals surface area contributed by atoms with Crippen LogP contribution in [0.4, 0.5) is 0 Å². The average Bonchev–Trinajstić information content (AvgIpc) is 3.03. The maximum Gasteiger partial charge on any atom is 0.191 e. The van der Waals surface area contributed by atoms with Crippen LogP contribution in [0.1, 0.15) is 31.4 Å². The third-order valence-electron chi connectivity index (χ3n) is 4.44. The van der Waals surface area contributed by atoms with Crippen molar-refractivity contribution in [1.82, 2.24) is 25.4 Å². The molecular weight excluding hydrogens is 379 g/mol. The van der Waals surface area contributed by atoms with Gasteiger partial charge in [0.1, 0.15) is 11.6 Å². The molecule has 7 heteroatoms. The van der Waals surface area contributed by atoms with E-state index in [9.17, 15) is 0 Å². The van der Waals surface area contributed by atoms with Gasteiger partial charge in [-0.05, 0) is 31.6 Å². The normalized spacial score (nSPS) is 27.6. The van der Waals surface area contributed by atoms with Gasteiger partial charge in [-0.1, -0.05) is 6.92 Å². The van der Waals surface area contributed by atoms with Gasteiger partial charge in [0.05, 0.1) is 0 Å². The van der Waals surface area contributed by atoms with E-state index in [0.717, 1.165) is 43.0 Å². The minimum Gasteiger partial charge on any atom is -0.356 e. The first-order valence-electron chi connectivity index (χ1n) is 7.53.